The van der Waals surface area contributed by atoms with Crippen molar-refractivity contribution in [3.8, 4) is 0 Å². The maximum atomic E-state index is 12.3. The third-order valence-corrected chi connectivity index (χ3v) is 7.24. The summed E-state index contributed by atoms with van der Waals surface area (Å²) in [6.45, 7) is 10.7. The second-order valence-corrected chi connectivity index (χ2v) is 8.24. The van der Waals surface area contributed by atoms with Crippen molar-refractivity contribution >= 4 is 5.97 Å². The molecule has 23 heavy (non-hydrogen) atoms. The number of fused-ring (bicyclic) bond motifs is 2. The third-order valence-electron chi connectivity index (χ3n) is 7.24. The average Bonchev–Trinajstić information content (AvgIpc) is 2.97. The predicted molar refractivity (Wildman–Crippen MR) is 87.8 cm³/mol. The maximum absolute atomic E-state index is 12.3. The Morgan fingerprint density at radius 1 is 1.17 bits per heavy atom. The van der Waals surface area contributed by atoms with E-state index in [0.717, 1.165) is 32.1 Å². The van der Waals surface area contributed by atoms with Gasteiger partial charge in [-0.25, -0.2) is 0 Å². The highest BCUT2D eigenvalue weighted by Crippen LogP contribution is 2.65. The Hall–Kier alpha value is -0.610. The molecule has 3 aliphatic rings. The van der Waals surface area contributed by atoms with Crippen LogP contribution in [0, 0.1) is 22.7 Å². The topological polar surface area (TPSA) is 44.8 Å². The van der Waals surface area contributed by atoms with Crippen LogP contribution in [-0.4, -0.2) is 31.6 Å². The molecule has 2 aliphatic carbocycles. The van der Waals surface area contributed by atoms with Crippen molar-refractivity contribution in [2.45, 2.75) is 72.0 Å². The summed E-state index contributed by atoms with van der Waals surface area (Å²) in [5, 5.41) is 0. The van der Waals surface area contributed by atoms with Gasteiger partial charge in [0, 0.05) is 11.8 Å². The van der Waals surface area contributed by atoms with Gasteiger partial charge in [0.15, 0.2) is 5.79 Å². The first-order chi connectivity index (χ1) is 10.9. The maximum Gasteiger partial charge on any atom is 0.306 e. The van der Waals surface area contributed by atoms with Gasteiger partial charge in [-0.1, -0.05) is 20.8 Å². The fourth-order valence-corrected chi connectivity index (χ4v) is 5.77. The van der Waals surface area contributed by atoms with Crippen molar-refractivity contribution in [2.24, 2.45) is 22.7 Å². The number of carbonyl (C=O) groups excluding carboxylic acids is 1. The van der Waals surface area contributed by atoms with Crippen LogP contribution in [0.15, 0.2) is 0 Å². The summed E-state index contributed by atoms with van der Waals surface area (Å²) in [5.74, 6) is 0.474. The van der Waals surface area contributed by atoms with Crippen LogP contribution in [0.2, 0.25) is 0 Å². The van der Waals surface area contributed by atoms with Crippen LogP contribution in [0.4, 0.5) is 0 Å². The molecule has 4 heteroatoms. The van der Waals surface area contributed by atoms with Gasteiger partial charge in [0.25, 0.3) is 0 Å². The largest absolute Gasteiger partial charge is 0.466 e. The summed E-state index contributed by atoms with van der Waals surface area (Å²) in [6.07, 6.45) is 6.02. The van der Waals surface area contributed by atoms with Gasteiger partial charge in [-0.3, -0.25) is 4.79 Å². The lowest BCUT2D eigenvalue weighted by atomic mass is 9.45. The quantitative estimate of drug-likeness (QED) is 0.738. The number of hydrogen-bond donors (Lipinski definition) is 0. The van der Waals surface area contributed by atoms with E-state index in [0.29, 0.717) is 38.1 Å². The Balaban J connectivity index is 1.92. The minimum absolute atomic E-state index is 0.00446. The van der Waals surface area contributed by atoms with Crippen LogP contribution in [0.25, 0.3) is 0 Å². The van der Waals surface area contributed by atoms with E-state index in [4.69, 9.17) is 14.2 Å². The molecular formula is C19H32O4. The van der Waals surface area contributed by atoms with Crippen molar-refractivity contribution in [3.05, 3.63) is 0 Å². The third kappa shape index (κ3) is 2.53. The van der Waals surface area contributed by atoms with Crippen LogP contribution in [-0.2, 0) is 19.0 Å². The van der Waals surface area contributed by atoms with E-state index >= 15 is 0 Å². The zero-order valence-corrected chi connectivity index (χ0v) is 15.2. The van der Waals surface area contributed by atoms with Gasteiger partial charge < -0.3 is 14.2 Å². The number of ether oxygens (including phenoxy) is 3. The molecule has 1 saturated heterocycles. The molecule has 3 rings (SSSR count). The molecule has 0 aromatic carbocycles. The summed E-state index contributed by atoms with van der Waals surface area (Å²) in [4.78, 5) is 12.3. The lowest BCUT2D eigenvalue weighted by Gasteiger charge is -2.62. The molecule has 4 nitrogen and oxygen atoms in total. The molecule has 1 aliphatic heterocycles. The SMILES string of the molecule is CCOC(=O)C[C@]1(C)[C@@H](C)CC[C@]2(C)[C@H]1CCCC21OCCO1. The molecule has 0 N–H and O–H groups in total. The van der Waals surface area contributed by atoms with Gasteiger partial charge in [-0.15, -0.1) is 0 Å². The zero-order valence-electron chi connectivity index (χ0n) is 15.2. The Morgan fingerprint density at radius 2 is 1.87 bits per heavy atom. The number of rotatable bonds is 3. The first-order valence-corrected chi connectivity index (χ1v) is 9.31. The van der Waals surface area contributed by atoms with E-state index in [9.17, 15) is 4.79 Å². The normalized spacial score (nSPS) is 42.4. The second kappa shape index (κ2) is 6.03. The molecule has 1 heterocycles. The van der Waals surface area contributed by atoms with Crippen molar-refractivity contribution < 1.29 is 19.0 Å². The first kappa shape index (κ1) is 17.2. The lowest BCUT2D eigenvalue weighted by molar-refractivity contribution is -0.297. The van der Waals surface area contributed by atoms with Gasteiger partial charge in [0.05, 0.1) is 26.2 Å². The minimum atomic E-state index is -0.425. The summed E-state index contributed by atoms with van der Waals surface area (Å²) >= 11 is 0. The number of carbonyl (C=O) groups is 1. The summed E-state index contributed by atoms with van der Waals surface area (Å²) in [7, 11) is 0. The van der Waals surface area contributed by atoms with Crippen molar-refractivity contribution in [2.75, 3.05) is 19.8 Å². The Morgan fingerprint density at radius 3 is 2.52 bits per heavy atom. The van der Waals surface area contributed by atoms with Crippen LogP contribution in [0.3, 0.4) is 0 Å². The van der Waals surface area contributed by atoms with Crippen molar-refractivity contribution in [3.63, 3.8) is 0 Å². The molecule has 3 fully saturated rings. The van der Waals surface area contributed by atoms with Gasteiger partial charge in [0.2, 0.25) is 0 Å². The average molecular weight is 324 g/mol. The Labute approximate surface area is 140 Å². The molecule has 0 aromatic rings. The Kier molecular flexibility index (Phi) is 4.52. The lowest BCUT2D eigenvalue weighted by Crippen LogP contribution is -2.62. The van der Waals surface area contributed by atoms with Crippen molar-refractivity contribution in [1.82, 2.24) is 0 Å². The van der Waals surface area contributed by atoms with Crippen LogP contribution in [0.5, 0.6) is 0 Å². The van der Waals surface area contributed by atoms with Gasteiger partial charge >= 0.3 is 5.97 Å². The van der Waals surface area contributed by atoms with Crippen LogP contribution >= 0.6 is 0 Å². The molecular weight excluding hydrogens is 292 g/mol. The van der Waals surface area contributed by atoms with E-state index in [1.165, 1.54) is 0 Å². The smallest absolute Gasteiger partial charge is 0.306 e. The monoisotopic (exact) mass is 324 g/mol. The summed E-state index contributed by atoms with van der Waals surface area (Å²) < 4.78 is 17.7. The van der Waals surface area contributed by atoms with E-state index in [1.807, 2.05) is 6.92 Å². The standard InChI is InChI=1S/C19H32O4/c1-5-21-16(20)13-17(3)14(2)8-10-18(4)15(17)7-6-9-19(18)22-11-12-23-19/h14-15H,5-13H2,1-4H3/t14-,15-,17+,18+/m0/s1. The van der Waals surface area contributed by atoms with E-state index in [-0.39, 0.29) is 16.8 Å². The Bertz CT molecular complexity index is 456. The van der Waals surface area contributed by atoms with Crippen LogP contribution < -0.4 is 0 Å². The minimum Gasteiger partial charge on any atom is -0.466 e. The van der Waals surface area contributed by atoms with Crippen molar-refractivity contribution in [1.29, 1.82) is 0 Å². The summed E-state index contributed by atoms with van der Waals surface area (Å²) in [6, 6.07) is 0. The van der Waals surface area contributed by atoms with Gasteiger partial charge in [-0.2, -0.15) is 0 Å². The van der Waals surface area contributed by atoms with Crippen LogP contribution in [0.1, 0.15) is 66.2 Å². The number of hydrogen-bond acceptors (Lipinski definition) is 4. The number of esters is 1. The fourth-order valence-electron chi connectivity index (χ4n) is 5.77. The highest BCUT2D eigenvalue weighted by molar-refractivity contribution is 5.70. The second-order valence-electron chi connectivity index (χ2n) is 8.24. The molecule has 0 unspecified atom stereocenters. The predicted octanol–water partition coefficient (Wildman–Crippen LogP) is 3.93. The van der Waals surface area contributed by atoms with Gasteiger partial charge in [0.1, 0.15) is 0 Å². The molecule has 2 saturated carbocycles. The first-order valence-electron chi connectivity index (χ1n) is 9.31. The van der Waals surface area contributed by atoms with E-state index in [2.05, 4.69) is 20.8 Å². The fraction of sp³-hybridized carbons (Fsp3) is 0.947. The molecule has 1 spiro atoms. The molecule has 132 valence electrons. The van der Waals surface area contributed by atoms with E-state index in [1.54, 1.807) is 0 Å². The highest BCUT2D eigenvalue weighted by atomic mass is 16.7. The molecule has 0 radical (unpaired) electrons. The molecule has 4 atom stereocenters. The van der Waals surface area contributed by atoms with E-state index < -0.39 is 5.79 Å². The zero-order chi connectivity index (χ0) is 16.7. The highest BCUT2D eigenvalue weighted by Gasteiger charge is 2.65. The molecule has 0 amide bonds. The molecule has 0 bridgehead atoms. The van der Waals surface area contributed by atoms with Gasteiger partial charge in [-0.05, 0) is 49.9 Å². The summed E-state index contributed by atoms with van der Waals surface area (Å²) in [5.41, 5.74) is -0.0442. The molecule has 0 aromatic heterocycles.